The van der Waals surface area contributed by atoms with Crippen LogP contribution < -0.4 is 0 Å². The summed E-state index contributed by atoms with van der Waals surface area (Å²) in [6, 6.07) is 0.117. The highest BCUT2D eigenvalue weighted by molar-refractivity contribution is 6.74. The molecule has 0 aromatic carbocycles. The van der Waals surface area contributed by atoms with Crippen molar-refractivity contribution >= 4 is 14.7 Å². The van der Waals surface area contributed by atoms with Gasteiger partial charge in [0.05, 0.1) is 6.04 Å². The Morgan fingerprint density at radius 1 is 1.28 bits per heavy atom. The normalized spacial score (nSPS) is 14.7. The van der Waals surface area contributed by atoms with Crippen LogP contribution in [-0.4, -0.2) is 25.8 Å². The second-order valence-corrected chi connectivity index (χ2v) is 11.2. The van der Waals surface area contributed by atoms with Gasteiger partial charge in [0, 0.05) is 0 Å². The molecule has 0 aliphatic rings. The van der Waals surface area contributed by atoms with Gasteiger partial charge >= 0.3 is 0 Å². The monoisotopic (exact) mass is 273 g/mol. The number of carbonyl (C=O) groups is 1. The lowest BCUT2D eigenvalue weighted by molar-refractivity contribution is -0.156. The number of nitrogens with zero attached hydrogens (tertiary/aromatic N) is 1. The third kappa shape index (κ3) is 4.39. The van der Waals surface area contributed by atoms with Gasteiger partial charge in [0.25, 0.3) is 0 Å². The maximum Gasteiger partial charge on any atom is 0.232 e. The van der Waals surface area contributed by atoms with Gasteiger partial charge in [0.15, 0.2) is 0 Å². The fraction of sp³-hybridized carbons (Fsp3) is 0.929. The SMILES string of the molecule is CCCC(C)(C)[Si](C)(C)ON(C=O)[C@@H](C)C(C)C. The number of amides is 1. The Labute approximate surface area is 114 Å². The van der Waals surface area contributed by atoms with Crippen molar-refractivity contribution in [3.05, 3.63) is 0 Å². The van der Waals surface area contributed by atoms with Gasteiger partial charge in [-0.2, -0.15) is 0 Å². The van der Waals surface area contributed by atoms with Crippen LogP contribution in [0.25, 0.3) is 0 Å². The molecule has 4 heteroatoms. The first-order valence-corrected chi connectivity index (χ1v) is 9.92. The minimum atomic E-state index is -1.95. The van der Waals surface area contributed by atoms with Gasteiger partial charge in [-0.3, -0.25) is 4.79 Å². The van der Waals surface area contributed by atoms with Crippen molar-refractivity contribution in [3.8, 4) is 0 Å². The van der Waals surface area contributed by atoms with E-state index >= 15 is 0 Å². The molecule has 0 radical (unpaired) electrons. The Morgan fingerprint density at radius 2 is 1.78 bits per heavy atom. The molecule has 0 aliphatic heterocycles. The molecule has 0 spiro atoms. The molecular formula is C14H31NO2Si. The minimum Gasteiger partial charge on any atom is -0.317 e. The number of carbonyl (C=O) groups excluding carboxylic acids is 1. The molecule has 0 aliphatic carbocycles. The van der Waals surface area contributed by atoms with E-state index in [0.29, 0.717) is 5.92 Å². The third-order valence-corrected chi connectivity index (χ3v) is 8.49. The van der Waals surface area contributed by atoms with Crippen molar-refractivity contribution in [1.82, 2.24) is 5.06 Å². The van der Waals surface area contributed by atoms with E-state index in [1.807, 2.05) is 6.92 Å². The zero-order valence-electron chi connectivity index (χ0n) is 13.4. The van der Waals surface area contributed by atoms with Crippen molar-refractivity contribution in [2.24, 2.45) is 5.92 Å². The van der Waals surface area contributed by atoms with E-state index in [1.165, 1.54) is 5.06 Å². The highest BCUT2D eigenvalue weighted by atomic mass is 28.4. The summed E-state index contributed by atoms with van der Waals surface area (Å²) in [5.74, 6) is 0.397. The molecule has 0 aromatic rings. The molecule has 108 valence electrons. The predicted octanol–water partition coefficient (Wildman–Crippen LogP) is 4.21. The van der Waals surface area contributed by atoms with Crippen LogP contribution in [-0.2, 0) is 9.32 Å². The molecule has 1 amide bonds. The quantitative estimate of drug-likeness (QED) is 0.377. The van der Waals surface area contributed by atoms with Gasteiger partial charge < -0.3 is 4.53 Å². The Bertz CT molecular complexity index is 265. The summed E-state index contributed by atoms with van der Waals surface area (Å²) in [6.07, 6.45) is 3.12. The van der Waals surface area contributed by atoms with E-state index in [9.17, 15) is 4.79 Å². The van der Waals surface area contributed by atoms with Crippen molar-refractivity contribution < 1.29 is 9.32 Å². The second-order valence-electron chi connectivity index (χ2n) is 6.69. The summed E-state index contributed by atoms with van der Waals surface area (Å²) >= 11 is 0. The number of hydrogen-bond acceptors (Lipinski definition) is 2. The molecule has 0 bridgehead atoms. The van der Waals surface area contributed by atoms with Gasteiger partial charge in [-0.25, -0.2) is 5.06 Å². The van der Waals surface area contributed by atoms with Gasteiger partial charge in [-0.15, -0.1) is 0 Å². The zero-order valence-corrected chi connectivity index (χ0v) is 14.4. The topological polar surface area (TPSA) is 29.5 Å². The first-order valence-electron chi connectivity index (χ1n) is 7.01. The Hall–Kier alpha value is -0.353. The van der Waals surface area contributed by atoms with Crippen LogP contribution in [0.4, 0.5) is 0 Å². The summed E-state index contributed by atoms with van der Waals surface area (Å²) in [6.45, 7) is 17.4. The van der Waals surface area contributed by atoms with Crippen LogP contribution in [0.15, 0.2) is 0 Å². The van der Waals surface area contributed by atoms with Crippen molar-refractivity contribution in [2.75, 3.05) is 0 Å². The molecule has 0 rings (SSSR count). The third-order valence-electron chi connectivity index (χ3n) is 4.31. The Balaban J connectivity index is 4.87. The molecule has 3 nitrogen and oxygen atoms in total. The first-order chi connectivity index (χ1) is 8.09. The predicted molar refractivity (Wildman–Crippen MR) is 79.7 cm³/mol. The highest BCUT2D eigenvalue weighted by Gasteiger charge is 2.43. The van der Waals surface area contributed by atoms with Crippen molar-refractivity contribution in [3.63, 3.8) is 0 Å². The number of rotatable bonds is 8. The van der Waals surface area contributed by atoms with Gasteiger partial charge in [-0.1, -0.05) is 41.0 Å². The molecule has 0 unspecified atom stereocenters. The van der Waals surface area contributed by atoms with Gasteiger partial charge in [0.1, 0.15) is 0 Å². The molecule has 1 atom stereocenters. The molecule has 0 saturated heterocycles. The number of hydroxylamine groups is 2. The van der Waals surface area contributed by atoms with Crippen LogP contribution in [0.2, 0.25) is 18.1 Å². The van der Waals surface area contributed by atoms with E-state index in [0.717, 1.165) is 19.3 Å². The van der Waals surface area contributed by atoms with Crippen LogP contribution in [0, 0.1) is 5.92 Å². The summed E-state index contributed by atoms with van der Waals surface area (Å²) < 4.78 is 6.13. The fourth-order valence-corrected chi connectivity index (χ4v) is 3.64. The van der Waals surface area contributed by atoms with Crippen LogP contribution in [0.1, 0.15) is 54.4 Å². The van der Waals surface area contributed by atoms with Crippen molar-refractivity contribution in [2.45, 2.75) is 78.6 Å². The average molecular weight is 273 g/mol. The minimum absolute atomic E-state index is 0.117. The standard InChI is InChI=1S/C14H31NO2Si/c1-9-10-14(5,6)18(7,8)17-15(11-16)13(4)12(2)3/h11-13H,9-10H2,1-8H3/t13-/m0/s1. The van der Waals surface area contributed by atoms with E-state index < -0.39 is 8.32 Å². The largest absolute Gasteiger partial charge is 0.317 e. The molecule has 18 heavy (non-hydrogen) atoms. The maximum atomic E-state index is 11.2. The van der Waals surface area contributed by atoms with Crippen LogP contribution in [0.5, 0.6) is 0 Å². The average Bonchev–Trinajstić information content (AvgIpc) is 2.24. The molecule has 0 heterocycles. The molecule has 0 aromatic heterocycles. The molecule has 0 saturated carbocycles. The van der Waals surface area contributed by atoms with Gasteiger partial charge in [-0.05, 0) is 37.4 Å². The lowest BCUT2D eigenvalue weighted by Crippen LogP contribution is -2.50. The molecule has 0 N–H and O–H groups in total. The Kier molecular flexibility index (Phi) is 6.58. The smallest absolute Gasteiger partial charge is 0.232 e. The molecule has 0 fully saturated rings. The van der Waals surface area contributed by atoms with Crippen molar-refractivity contribution in [1.29, 1.82) is 0 Å². The van der Waals surface area contributed by atoms with E-state index in [4.69, 9.17) is 4.53 Å². The highest BCUT2D eigenvalue weighted by Crippen LogP contribution is 2.42. The summed E-state index contributed by atoms with van der Waals surface area (Å²) in [5.41, 5.74) is 0. The van der Waals surface area contributed by atoms with E-state index in [-0.39, 0.29) is 11.1 Å². The van der Waals surface area contributed by atoms with Crippen LogP contribution in [0.3, 0.4) is 0 Å². The zero-order chi connectivity index (χ0) is 14.6. The lowest BCUT2D eigenvalue weighted by Gasteiger charge is -2.43. The number of hydrogen-bond donors (Lipinski definition) is 0. The van der Waals surface area contributed by atoms with E-state index in [2.05, 4.69) is 47.7 Å². The fourth-order valence-electron chi connectivity index (χ4n) is 1.81. The first kappa shape index (κ1) is 17.6. The maximum absolute atomic E-state index is 11.2. The summed E-state index contributed by atoms with van der Waals surface area (Å²) in [5, 5.41) is 1.70. The molecular weight excluding hydrogens is 242 g/mol. The summed E-state index contributed by atoms with van der Waals surface area (Å²) in [4.78, 5) is 11.2. The van der Waals surface area contributed by atoms with Gasteiger partial charge in [0.2, 0.25) is 14.7 Å². The Morgan fingerprint density at radius 3 is 2.11 bits per heavy atom. The van der Waals surface area contributed by atoms with E-state index in [1.54, 1.807) is 0 Å². The second kappa shape index (κ2) is 6.71. The lowest BCUT2D eigenvalue weighted by atomic mass is 10.1. The van der Waals surface area contributed by atoms with Crippen LogP contribution >= 0.6 is 0 Å². The summed E-state index contributed by atoms with van der Waals surface area (Å²) in [7, 11) is -1.95.